The number of carbonyl (C=O) groups is 2. The standard InChI is InChI=1S/C30H21N3O3S2/c1-18-8-13-24-27(15-18)38-29(33-24)19-9-11-20(12-10-19)31-28(34)17-36-30(35)22-16-25(26-7-4-14-37-26)32-23-6-3-2-5-21(22)23/h2-16H,17H2,1H3,(H,31,34). The highest BCUT2D eigenvalue weighted by Crippen LogP contribution is 2.31. The summed E-state index contributed by atoms with van der Waals surface area (Å²) in [5, 5.41) is 6.35. The minimum Gasteiger partial charge on any atom is -0.452 e. The zero-order chi connectivity index (χ0) is 26.1. The number of aryl methyl sites for hydroxylation is 1. The number of thiophene rings is 1. The molecule has 0 aliphatic carbocycles. The molecule has 0 bridgehead atoms. The Morgan fingerprint density at radius 2 is 1.74 bits per heavy atom. The van der Waals surface area contributed by atoms with Crippen LogP contribution in [0.15, 0.2) is 90.3 Å². The van der Waals surface area contributed by atoms with E-state index in [-0.39, 0.29) is 0 Å². The van der Waals surface area contributed by atoms with Crippen molar-refractivity contribution in [2.45, 2.75) is 6.92 Å². The largest absolute Gasteiger partial charge is 0.452 e. The van der Waals surface area contributed by atoms with Crippen molar-refractivity contribution in [1.82, 2.24) is 9.97 Å². The maximum absolute atomic E-state index is 13.0. The Bertz CT molecular complexity index is 1790. The molecule has 0 atom stereocenters. The van der Waals surface area contributed by atoms with Crippen LogP contribution in [0, 0.1) is 6.92 Å². The van der Waals surface area contributed by atoms with Gasteiger partial charge in [-0.2, -0.15) is 0 Å². The molecular weight excluding hydrogens is 514 g/mol. The Kier molecular flexibility index (Phi) is 6.41. The molecule has 3 aromatic carbocycles. The second-order valence-corrected chi connectivity index (χ2v) is 10.7. The number of hydrogen-bond donors (Lipinski definition) is 1. The van der Waals surface area contributed by atoms with Crippen LogP contribution < -0.4 is 5.32 Å². The molecule has 186 valence electrons. The predicted molar refractivity (Wildman–Crippen MR) is 154 cm³/mol. The molecule has 3 aromatic heterocycles. The lowest BCUT2D eigenvalue weighted by Gasteiger charge is -2.10. The van der Waals surface area contributed by atoms with Crippen molar-refractivity contribution >= 4 is 61.4 Å². The summed E-state index contributed by atoms with van der Waals surface area (Å²) < 4.78 is 6.54. The van der Waals surface area contributed by atoms with E-state index < -0.39 is 18.5 Å². The molecule has 0 radical (unpaired) electrons. The second kappa shape index (κ2) is 10.2. The van der Waals surface area contributed by atoms with Gasteiger partial charge in [0.25, 0.3) is 5.91 Å². The van der Waals surface area contributed by atoms with Crippen LogP contribution in [0.5, 0.6) is 0 Å². The summed E-state index contributed by atoms with van der Waals surface area (Å²) in [5.74, 6) is -0.989. The number of ether oxygens (including phenoxy) is 1. The molecule has 0 unspecified atom stereocenters. The van der Waals surface area contributed by atoms with Crippen LogP contribution in [0.2, 0.25) is 0 Å². The third-order valence-electron chi connectivity index (χ3n) is 6.00. The van der Waals surface area contributed by atoms with Crippen molar-refractivity contribution in [2.24, 2.45) is 0 Å². The number of amides is 1. The fraction of sp³-hybridized carbons (Fsp3) is 0.0667. The van der Waals surface area contributed by atoms with E-state index in [0.717, 1.165) is 25.7 Å². The molecule has 0 saturated carbocycles. The smallest absolute Gasteiger partial charge is 0.339 e. The van der Waals surface area contributed by atoms with E-state index in [2.05, 4.69) is 29.4 Å². The number of carbonyl (C=O) groups excluding carboxylic acids is 2. The number of thiazole rings is 1. The molecule has 0 aliphatic heterocycles. The van der Waals surface area contributed by atoms with Gasteiger partial charge in [-0.15, -0.1) is 22.7 Å². The lowest BCUT2D eigenvalue weighted by Crippen LogP contribution is -2.21. The van der Waals surface area contributed by atoms with Crippen LogP contribution in [0.25, 0.3) is 42.3 Å². The van der Waals surface area contributed by atoms with Gasteiger partial charge >= 0.3 is 5.97 Å². The van der Waals surface area contributed by atoms with E-state index in [0.29, 0.717) is 27.8 Å². The molecule has 38 heavy (non-hydrogen) atoms. The third kappa shape index (κ3) is 4.91. The van der Waals surface area contributed by atoms with Crippen LogP contribution in [-0.4, -0.2) is 28.5 Å². The molecule has 0 fully saturated rings. The minimum atomic E-state index is -0.571. The lowest BCUT2D eigenvalue weighted by molar-refractivity contribution is -0.119. The molecule has 1 N–H and O–H groups in total. The highest BCUT2D eigenvalue weighted by Gasteiger charge is 2.17. The average Bonchev–Trinajstić information content (AvgIpc) is 3.62. The van der Waals surface area contributed by atoms with Gasteiger partial charge in [0.1, 0.15) is 5.01 Å². The Labute approximate surface area is 226 Å². The summed E-state index contributed by atoms with van der Waals surface area (Å²) in [4.78, 5) is 35.9. The average molecular weight is 536 g/mol. The topological polar surface area (TPSA) is 81.2 Å². The van der Waals surface area contributed by atoms with Crippen molar-refractivity contribution in [2.75, 3.05) is 11.9 Å². The summed E-state index contributed by atoms with van der Waals surface area (Å²) >= 11 is 3.18. The highest BCUT2D eigenvalue weighted by molar-refractivity contribution is 7.21. The Balaban J connectivity index is 1.13. The fourth-order valence-corrected chi connectivity index (χ4v) is 5.91. The zero-order valence-corrected chi connectivity index (χ0v) is 21.9. The van der Waals surface area contributed by atoms with E-state index in [4.69, 9.17) is 9.72 Å². The number of esters is 1. The van der Waals surface area contributed by atoms with Crippen molar-refractivity contribution in [3.63, 3.8) is 0 Å². The molecule has 8 heteroatoms. The van der Waals surface area contributed by atoms with E-state index in [1.807, 2.05) is 72.1 Å². The first-order valence-electron chi connectivity index (χ1n) is 11.9. The van der Waals surface area contributed by atoms with Crippen molar-refractivity contribution in [3.8, 4) is 21.1 Å². The van der Waals surface area contributed by atoms with E-state index in [1.165, 1.54) is 5.56 Å². The number of nitrogens with one attached hydrogen (secondary N) is 1. The number of aromatic nitrogens is 2. The first-order valence-corrected chi connectivity index (χ1v) is 13.6. The number of anilines is 1. The van der Waals surface area contributed by atoms with E-state index in [9.17, 15) is 9.59 Å². The Morgan fingerprint density at radius 1 is 0.895 bits per heavy atom. The van der Waals surface area contributed by atoms with Gasteiger partial charge in [-0.3, -0.25) is 4.79 Å². The highest BCUT2D eigenvalue weighted by atomic mass is 32.1. The Morgan fingerprint density at radius 3 is 2.55 bits per heavy atom. The van der Waals surface area contributed by atoms with Crippen LogP contribution in [0.1, 0.15) is 15.9 Å². The van der Waals surface area contributed by atoms with Gasteiger partial charge in [0.15, 0.2) is 6.61 Å². The SMILES string of the molecule is Cc1ccc2nc(-c3ccc(NC(=O)COC(=O)c4cc(-c5cccs5)nc5ccccc45)cc3)sc2c1. The molecule has 0 saturated heterocycles. The van der Waals surface area contributed by atoms with Gasteiger partial charge in [0.05, 0.1) is 31.9 Å². The normalized spacial score (nSPS) is 11.1. The quantitative estimate of drug-likeness (QED) is 0.226. The third-order valence-corrected chi connectivity index (χ3v) is 7.96. The number of fused-ring (bicyclic) bond motifs is 2. The first-order chi connectivity index (χ1) is 18.5. The van der Waals surface area contributed by atoms with Crippen LogP contribution >= 0.6 is 22.7 Å². The van der Waals surface area contributed by atoms with Gasteiger partial charge in [-0.25, -0.2) is 14.8 Å². The van der Waals surface area contributed by atoms with Crippen molar-refractivity contribution in [1.29, 1.82) is 0 Å². The van der Waals surface area contributed by atoms with Gasteiger partial charge in [-0.05, 0) is 72.5 Å². The Hall–Kier alpha value is -4.40. The van der Waals surface area contributed by atoms with Crippen molar-refractivity contribution < 1.29 is 14.3 Å². The molecule has 0 aliphatic rings. The molecule has 0 spiro atoms. The maximum atomic E-state index is 13.0. The van der Waals surface area contributed by atoms with Gasteiger partial charge < -0.3 is 10.1 Å². The number of benzene rings is 3. The summed E-state index contributed by atoms with van der Waals surface area (Å²) in [7, 11) is 0. The van der Waals surface area contributed by atoms with Crippen LogP contribution in [-0.2, 0) is 9.53 Å². The molecular formula is C30H21N3O3S2. The van der Waals surface area contributed by atoms with Crippen LogP contribution in [0.4, 0.5) is 5.69 Å². The molecule has 6 nitrogen and oxygen atoms in total. The number of hydrogen-bond acceptors (Lipinski definition) is 7. The molecule has 1 amide bonds. The van der Waals surface area contributed by atoms with E-state index in [1.54, 1.807) is 28.7 Å². The zero-order valence-electron chi connectivity index (χ0n) is 20.3. The maximum Gasteiger partial charge on any atom is 0.339 e. The lowest BCUT2D eigenvalue weighted by atomic mass is 10.1. The molecule has 3 heterocycles. The molecule has 6 rings (SSSR count). The summed E-state index contributed by atoms with van der Waals surface area (Å²) in [5.41, 5.74) is 5.52. The predicted octanol–water partition coefficient (Wildman–Crippen LogP) is 7.34. The summed E-state index contributed by atoms with van der Waals surface area (Å²) in [6.45, 7) is 1.66. The number of rotatable bonds is 6. The molecule has 6 aromatic rings. The number of nitrogens with zero attached hydrogens (tertiary/aromatic N) is 2. The van der Waals surface area contributed by atoms with Gasteiger partial charge in [-0.1, -0.05) is 30.3 Å². The second-order valence-electron chi connectivity index (χ2n) is 8.74. The van der Waals surface area contributed by atoms with Gasteiger partial charge in [0, 0.05) is 16.6 Å². The fourth-order valence-electron chi connectivity index (χ4n) is 4.15. The summed E-state index contributed by atoms with van der Waals surface area (Å²) in [6.07, 6.45) is 0. The summed E-state index contributed by atoms with van der Waals surface area (Å²) in [6, 6.07) is 26.7. The van der Waals surface area contributed by atoms with Gasteiger partial charge in [0.2, 0.25) is 0 Å². The monoisotopic (exact) mass is 535 g/mol. The van der Waals surface area contributed by atoms with E-state index >= 15 is 0 Å². The van der Waals surface area contributed by atoms with Crippen molar-refractivity contribution in [3.05, 3.63) is 101 Å². The number of para-hydroxylation sites is 1. The minimum absolute atomic E-state index is 0.377. The van der Waals surface area contributed by atoms with Crippen LogP contribution in [0.3, 0.4) is 0 Å². The first kappa shape index (κ1) is 24.0. The number of pyridine rings is 1.